The van der Waals surface area contributed by atoms with Gasteiger partial charge in [-0.25, -0.2) is 4.98 Å². The summed E-state index contributed by atoms with van der Waals surface area (Å²) in [6, 6.07) is 9.52. The summed E-state index contributed by atoms with van der Waals surface area (Å²) in [5.41, 5.74) is 2.26. The Morgan fingerprint density at radius 1 is 1.24 bits per heavy atom. The van der Waals surface area contributed by atoms with Crippen LogP contribution in [0.5, 0.6) is 5.75 Å². The number of methoxy groups -OCH3 is 1. The van der Waals surface area contributed by atoms with Crippen LogP contribution in [0, 0.1) is 7.14 Å². The zero-order valence-corrected chi connectivity index (χ0v) is 23.7. The third-order valence-electron chi connectivity index (χ3n) is 3.64. The first kappa shape index (κ1) is 23.3. The van der Waals surface area contributed by atoms with Crippen molar-refractivity contribution in [1.82, 2.24) is 10.3 Å². The van der Waals surface area contributed by atoms with Gasteiger partial charge in [0.05, 0.1) is 22.8 Å². The lowest BCUT2D eigenvalue weighted by atomic mass is 10.2. The van der Waals surface area contributed by atoms with Gasteiger partial charge in [0.15, 0.2) is 10.2 Å². The second-order valence-electron chi connectivity index (χ2n) is 5.54. The quantitative estimate of drug-likeness (QED) is 0.176. The smallest absolute Gasteiger partial charge is 0.258 e. The molecule has 150 valence electrons. The van der Waals surface area contributed by atoms with Crippen molar-refractivity contribution in [2.45, 2.75) is 0 Å². The van der Waals surface area contributed by atoms with Crippen LogP contribution >= 0.6 is 101 Å². The van der Waals surface area contributed by atoms with Gasteiger partial charge in [-0.3, -0.25) is 10.1 Å². The number of hydrogen-bond donors (Lipinski definition) is 2. The third-order valence-corrected chi connectivity index (χ3v) is 8.29. The van der Waals surface area contributed by atoms with E-state index in [1.54, 1.807) is 13.2 Å². The number of thiazole rings is 1. The van der Waals surface area contributed by atoms with Gasteiger partial charge in [-0.15, -0.1) is 11.3 Å². The number of benzene rings is 2. The van der Waals surface area contributed by atoms with Crippen molar-refractivity contribution in [2.75, 3.05) is 12.4 Å². The van der Waals surface area contributed by atoms with Gasteiger partial charge in [0.25, 0.3) is 5.91 Å². The first-order valence-electron chi connectivity index (χ1n) is 7.84. The Hall–Kier alpha value is -0.350. The summed E-state index contributed by atoms with van der Waals surface area (Å²) >= 11 is 18.0. The maximum Gasteiger partial charge on any atom is 0.258 e. The molecule has 0 aliphatic rings. The minimum Gasteiger partial charge on any atom is -0.496 e. The summed E-state index contributed by atoms with van der Waals surface area (Å²) in [5, 5.41) is 8.37. The van der Waals surface area contributed by atoms with Crippen LogP contribution in [0.1, 0.15) is 10.4 Å². The van der Waals surface area contributed by atoms with Crippen molar-refractivity contribution in [3.05, 3.63) is 57.4 Å². The molecule has 3 rings (SSSR count). The fourth-order valence-corrected chi connectivity index (χ4v) is 6.08. The lowest BCUT2D eigenvalue weighted by Gasteiger charge is -2.10. The highest BCUT2D eigenvalue weighted by Crippen LogP contribution is 2.32. The number of carbonyl (C=O) groups is 1. The van der Waals surface area contributed by atoms with Crippen LogP contribution in [-0.4, -0.2) is 23.1 Å². The molecule has 29 heavy (non-hydrogen) atoms. The molecule has 0 unspecified atom stereocenters. The number of hydrogen-bond acceptors (Lipinski definition) is 5. The van der Waals surface area contributed by atoms with Gasteiger partial charge >= 0.3 is 0 Å². The molecule has 2 aromatic carbocycles. The third kappa shape index (κ3) is 5.87. The molecule has 0 aliphatic carbocycles. The maximum absolute atomic E-state index is 12.6. The monoisotopic (exact) mass is 777 g/mol. The lowest BCUT2D eigenvalue weighted by Crippen LogP contribution is -2.34. The molecule has 3 aromatic rings. The van der Waals surface area contributed by atoms with E-state index in [0.717, 1.165) is 33.1 Å². The first-order valence-corrected chi connectivity index (χ1v) is 12.9. The standard InChI is InChI=1S/C18H11Br2I2N3O2S2/c1-27-14-3-2-8(4-11(14)19)13-7-29-18(23-13)25-17(28)24-16(26)10-5-9(21)6-12(22)15(10)20/h2-7H,1H3,(H2,23,24,25,26,28). The minimum absolute atomic E-state index is 0.188. The molecule has 5 nitrogen and oxygen atoms in total. The number of thiocarbonyl (C=S) groups is 1. The van der Waals surface area contributed by atoms with E-state index < -0.39 is 0 Å². The molecule has 0 saturated carbocycles. The van der Waals surface area contributed by atoms with Crippen molar-refractivity contribution in [3.63, 3.8) is 0 Å². The number of anilines is 1. The Kier molecular flexibility index (Phi) is 8.29. The minimum atomic E-state index is -0.290. The first-order chi connectivity index (χ1) is 13.8. The summed E-state index contributed by atoms with van der Waals surface area (Å²) in [6.07, 6.45) is 0. The highest BCUT2D eigenvalue weighted by atomic mass is 127. The topological polar surface area (TPSA) is 63.2 Å². The molecule has 0 aliphatic heterocycles. The fraction of sp³-hybridized carbons (Fsp3) is 0.0556. The van der Waals surface area contributed by atoms with Gasteiger partial charge in [0, 0.05) is 22.6 Å². The molecule has 0 atom stereocenters. The Labute approximate surface area is 220 Å². The number of halogens is 4. The zero-order valence-electron chi connectivity index (χ0n) is 14.6. The number of aromatic nitrogens is 1. The molecule has 2 N–H and O–H groups in total. The second kappa shape index (κ2) is 10.3. The SMILES string of the molecule is COc1ccc(-c2csc(NC(=S)NC(=O)c3cc(I)cc(I)c3Br)n2)cc1Br. The van der Waals surface area contributed by atoms with Crippen molar-refractivity contribution in [2.24, 2.45) is 0 Å². The molecular formula is C18H11Br2I2N3O2S2. The maximum atomic E-state index is 12.6. The van der Waals surface area contributed by atoms with Gasteiger partial charge in [0.1, 0.15) is 5.75 Å². The number of amides is 1. The average Bonchev–Trinajstić information content (AvgIpc) is 3.12. The molecule has 0 fully saturated rings. The van der Waals surface area contributed by atoms with Crippen LogP contribution in [0.2, 0.25) is 0 Å². The van der Waals surface area contributed by atoms with Crippen molar-refractivity contribution >= 4 is 117 Å². The summed E-state index contributed by atoms with van der Waals surface area (Å²) in [4.78, 5) is 17.1. The molecule has 1 heterocycles. The van der Waals surface area contributed by atoms with Gasteiger partial charge in [-0.05, 0) is 120 Å². The molecule has 1 aromatic heterocycles. The van der Waals surface area contributed by atoms with Crippen LogP contribution < -0.4 is 15.4 Å². The summed E-state index contributed by atoms with van der Waals surface area (Å²) in [7, 11) is 1.62. The molecule has 0 saturated heterocycles. The molecule has 0 spiro atoms. The van der Waals surface area contributed by atoms with Gasteiger partial charge in [0.2, 0.25) is 0 Å². The number of carbonyl (C=O) groups excluding carboxylic acids is 1. The largest absolute Gasteiger partial charge is 0.496 e. The van der Waals surface area contributed by atoms with E-state index in [9.17, 15) is 4.79 Å². The predicted octanol–water partition coefficient (Wildman–Crippen LogP) is 6.68. The molecule has 11 heteroatoms. The van der Waals surface area contributed by atoms with E-state index >= 15 is 0 Å². The van der Waals surface area contributed by atoms with E-state index in [2.05, 4.69) is 92.7 Å². The summed E-state index contributed by atoms with van der Waals surface area (Å²) < 4.78 is 8.76. The lowest BCUT2D eigenvalue weighted by molar-refractivity contribution is 0.0977. The van der Waals surface area contributed by atoms with Gasteiger partial charge < -0.3 is 10.1 Å². The highest BCUT2D eigenvalue weighted by molar-refractivity contribution is 14.1. The van der Waals surface area contributed by atoms with Crippen LogP contribution in [0.3, 0.4) is 0 Å². The number of nitrogens with zero attached hydrogens (tertiary/aromatic N) is 1. The Morgan fingerprint density at radius 3 is 2.69 bits per heavy atom. The van der Waals surface area contributed by atoms with Crippen LogP contribution in [0.15, 0.2) is 44.7 Å². The Morgan fingerprint density at radius 2 is 2.00 bits per heavy atom. The zero-order chi connectivity index (χ0) is 21.1. The molecule has 0 radical (unpaired) electrons. The number of nitrogens with one attached hydrogen (secondary N) is 2. The van der Waals surface area contributed by atoms with Crippen molar-refractivity contribution < 1.29 is 9.53 Å². The Balaban J connectivity index is 1.69. The molecule has 0 bridgehead atoms. The summed E-state index contributed by atoms with van der Waals surface area (Å²) in [5.74, 6) is 0.462. The second-order valence-corrected chi connectivity index (χ2v) is 10.9. The van der Waals surface area contributed by atoms with Crippen molar-refractivity contribution in [1.29, 1.82) is 0 Å². The van der Waals surface area contributed by atoms with Crippen LogP contribution in [-0.2, 0) is 0 Å². The predicted molar refractivity (Wildman–Crippen MR) is 145 cm³/mol. The van der Waals surface area contributed by atoms with Gasteiger partial charge in [-0.1, -0.05) is 0 Å². The summed E-state index contributed by atoms with van der Waals surface area (Å²) in [6.45, 7) is 0. The fourth-order valence-electron chi connectivity index (χ4n) is 2.31. The number of ether oxygens (including phenoxy) is 1. The van der Waals surface area contributed by atoms with E-state index in [1.165, 1.54) is 11.3 Å². The molecular weight excluding hydrogens is 768 g/mol. The van der Waals surface area contributed by atoms with E-state index in [4.69, 9.17) is 17.0 Å². The van der Waals surface area contributed by atoms with Crippen LogP contribution in [0.25, 0.3) is 11.3 Å². The van der Waals surface area contributed by atoms with Gasteiger partial charge in [-0.2, -0.15) is 0 Å². The molecule has 1 amide bonds. The van der Waals surface area contributed by atoms with E-state index in [-0.39, 0.29) is 11.0 Å². The Bertz CT molecular complexity index is 1110. The average molecular weight is 779 g/mol. The highest BCUT2D eigenvalue weighted by Gasteiger charge is 2.16. The van der Waals surface area contributed by atoms with Crippen LogP contribution in [0.4, 0.5) is 5.13 Å². The normalized spacial score (nSPS) is 10.5. The van der Waals surface area contributed by atoms with E-state index in [1.807, 2.05) is 29.6 Å². The van der Waals surface area contributed by atoms with Crippen molar-refractivity contribution in [3.8, 4) is 17.0 Å². The number of rotatable bonds is 4. The van der Waals surface area contributed by atoms with E-state index in [0.29, 0.717) is 10.7 Å².